The van der Waals surface area contributed by atoms with Crippen LogP contribution >= 0.6 is 0 Å². The van der Waals surface area contributed by atoms with E-state index in [4.69, 9.17) is 0 Å². The number of amides is 1. The van der Waals surface area contributed by atoms with Crippen LogP contribution in [0.1, 0.15) is 42.0 Å². The number of hydrogen-bond donors (Lipinski definition) is 2. The zero-order valence-electron chi connectivity index (χ0n) is 14.4. The standard InChI is InChI=1S/C18H23FN4O2/c1-12(21-18(25)17-20-7-10-22(17)2)15-11-13(19)3-4-16(15)23-8-5-14(24)6-9-23/h3-4,7,10-12,14,24H,5-6,8-9H2,1-2H3,(H,21,25)/t12-/m0/s1. The lowest BCUT2D eigenvalue weighted by molar-refractivity contribution is 0.0926. The first-order valence-electron chi connectivity index (χ1n) is 8.46. The van der Waals surface area contributed by atoms with Crippen molar-refractivity contribution in [3.63, 3.8) is 0 Å². The predicted octanol–water partition coefficient (Wildman–Crippen LogP) is 2.01. The Kier molecular flexibility index (Phi) is 5.03. The maximum atomic E-state index is 13.8. The van der Waals surface area contributed by atoms with Crippen LogP contribution < -0.4 is 10.2 Å². The fourth-order valence-corrected chi connectivity index (χ4v) is 3.19. The van der Waals surface area contributed by atoms with Crippen molar-refractivity contribution in [3.05, 3.63) is 47.8 Å². The highest BCUT2D eigenvalue weighted by Crippen LogP contribution is 2.29. The van der Waals surface area contributed by atoms with Crippen LogP contribution in [0.5, 0.6) is 0 Å². The molecule has 1 aliphatic rings. The van der Waals surface area contributed by atoms with E-state index in [1.165, 1.54) is 12.1 Å². The molecule has 1 aromatic carbocycles. The van der Waals surface area contributed by atoms with Gasteiger partial charge in [0.05, 0.1) is 12.1 Å². The predicted molar refractivity (Wildman–Crippen MR) is 92.9 cm³/mol. The van der Waals surface area contributed by atoms with Gasteiger partial charge in [0.25, 0.3) is 5.91 Å². The molecular weight excluding hydrogens is 323 g/mol. The van der Waals surface area contributed by atoms with Crippen LogP contribution in [0.2, 0.25) is 0 Å². The minimum Gasteiger partial charge on any atom is -0.393 e. The molecule has 1 amide bonds. The van der Waals surface area contributed by atoms with Crippen LogP contribution in [-0.4, -0.2) is 39.8 Å². The molecule has 0 unspecified atom stereocenters. The Morgan fingerprint density at radius 1 is 1.40 bits per heavy atom. The van der Waals surface area contributed by atoms with E-state index in [-0.39, 0.29) is 23.9 Å². The van der Waals surface area contributed by atoms with Crippen molar-refractivity contribution >= 4 is 11.6 Å². The van der Waals surface area contributed by atoms with Crippen molar-refractivity contribution in [2.75, 3.05) is 18.0 Å². The number of nitrogens with one attached hydrogen (secondary N) is 1. The van der Waals surface area contributed by atoms with Crippen LogP contribution in [0.3, 0.4) is 0 Å². The minimum absolute atomic E-state index is 0.277. The number of aryl methyl sites for hydroxylation is 1. The summed E-state index contributed by atoms with van der Waals surface area (Å²) in [6.45, 7) is 3.25. The molecule has 0 aliphatic carbocycles. The van der Waals surface area contributed by atoms with Gasteiger partial charge in [0.2, 0.25) is 0 Å². The molecule has 1 saturated heterocycles. The van der Waals surface area contributed by atoms with Crippen LogP contribution in [0.25, 0.3) is 0 Å². The number of aliphatic hydroxyl groups is 1. The second-order valence-electron chi connectivity index (χ2n) is 6.48. The molecule has 2 heterocycles. The van der Waals surface area contributed by atoms with Crippen LogP contribution in [-0.2, 0) is 7.05 Å². The van der Waals surface area contributed by atoms with E-state index in [0.29, 0.717) is 31.8 Å². The molecular formula is C18H23FN4O2. The van der Waals surface area contributed by atoms with E-state index in [1.807, 2.05) is 6.92 Å². The van der Waals surface area contributed by atoms with E-state index in [2.05, 4.69) is 15.2 Å². The molecule has 0 saturated carbocycles. The first kappa shape index (κ1) is 17.4. The molecule has 25 heavy (non-hydrogen) atoms. The van der Waals surface area contributed by atoms with E-state index in [0.717, 1.165) is 11.3 Å². The van der Waals surface area contributed by atoms with Gasteiger partial charge in [-0.05, 0) is 38.0 Å². The molecule has 6 nitrogen and oxygen atoms in total. The number of carbonyl (C=O) groups excluding carboxylic acids is 1. The van der Waals surface area contributed by atoms with Crippen molar-refractivity contribution in [3.8, 4) is 0 Å². The Morgan fingerprint density at radius 3 is 2.76 bits per heavy atom. The van der Waals surface area contributed by atoms with E-state index >= 15 is 0 Å². The molecule has 0 spiro atoms. The molecule has 0 radical (unpaired) electrons. The number of nitrogens with zero attached hydrogens (tertiary/aromatic N) is 3. The third-order valence-corrected chi connectivity index (χ3v) is 4.63. The van der Waals surface area contributed by atoms with Gasteiger partial charge in [0.1, 0.15) is 5.82 Å². The number of aromatic nitrogens is 2. The van der Waals surface area contributed by atoms with E-state index < -0.39 is 0 Å². The number of carbonyl (C=O) groups is 1. The zero-order valence-corrected chi connectivity index (χ0v) is 14.4. The number of rotatable bonds is 4. The summed E-state index contributed by atoms with van der Waals surface area (Å²) in [5, 5.41) is 12.6. The van der Waals surface area contributed by atoms with Gasteiger partial charge in [-0.15, -0.1) is 0 Å². The Morgan fingerprint density at radius 2 is 2.12 bits per heavy atom. The van der Waals surface area contributed by atoms with Crippen molar-refractivity contribution in [2.45, 2.75) is 31.9 Å². The second-order valence-corrected chi connectivity index (χ2v) is 6.48. The maximum Gasteiger partial charge on any atom is 0.287 e. The molecule has 1 fully saturated rings. The molecule has 7 heteroatoms. The molecule has 134 valence electrons. The van der Waals surface area contributed by atoms with Gasteiger partial charge < -0.3 is 19.9 Å². The number of halogens is 1. The molecule has 2 aromatic rings. The Balaban J connectivity index is 1.81. The van der Waals surface area contributed by atoms with Gasteiger partial charge in [-0.25, -0.2) is 9.37 Å². The van der Waals surface area contributed by atoms with Gasteiger partial charge in [-0.1, -0.05) is 0 Å². The average molecular weight is 346 g/mol. The van der Waals surface area contributed by atoms with E-state index in [9.17, 15) is 14.3 Å². The van der Waals surface area contributed by atoms with Crippen molar-refractivity contribution < 1.29 is 14.3 Å². The normalized spacial score (nSPS) is 16.7. The lowest BCUT2D eigenvalue weighted by Crippen LogP contribution is -2.37. The fraction of sp³-hybridized carbons (Fsp3) is 0.444. The Labute approximate surface area is 146 Å². The summed E-state index contributed by atoms with van der Waals surface area (Å²) >= 11 is 0. The molecule has 0 bridgehead atoms. The molecule has 2 N–H and O–H groups in total. The lowest BCUT2D eigenvalue weighted by Gasteiger charge is -2.34. The highest BCUT2D eigenvalue weighted by Gasteiger charge is 2.23. The van der Waals surface area contributed by atoms with Gasteiger partial charge in [0.15, 0.2) is 5.82 Å². The van der Waals surface area contributed by atoms with Crippen LogP contribution in [0.4, 0.5) is 10.1 Å². The molecule has 3 rings (SSSR count). The van der Waals surface area contributed by atoms with Gasteiger partial charge >= 0.3 is 0 Å². The lowest BCUT2D eigenvalue weighted by atomic mass is 10.0. The number of aliphatic hydroxyl groups excluding tert-OH is 1. The van der Waals surface area contributed by atoms with Crippen LogP contribution in [0, 0.1) is 5.82 Å². The van der Waals surface area contributed by atoms with Crippen molar-refractivity contribution in [1.82, 2.24) is 14.9 Å². The number of anilines is 1. The summed E-state index contributed by atoms with van der Waals surface area (Å²) in [6.07, 6.45) is 4.36. The zero-order chi connectivity index (χ0) is 18.0. The molecule has 1 atom stereocenters. The fourth-order valence-electron chi connectivity index (χ4n) is 3.19. The highest BCUT2D eigenvalue weighted by atomic mass is 19.1. The third kappa shape index (κ3) is 3.82. The quantitative estimate of drug-likeness (QED) is 0.888. The minimum atomic E-state index is -0.373. The Bertz CT molecular complexity index is 753. The summed E-state index contributed by atoms with van der Waals surface area (Å²) in [5.74, 6) is -0.330. The summed E-state index contributed by atoms with van der Waals surface area (Å²) in [6, 6.07) is 4.26. The molecule has 1 aromatic heterocycles. The largest absolute Gasteiger partial charge is 0.393 e. The smallest absolute Gasteiger partial charge is 0.287 e. The SMILES string of the molecule is C[C@H](NC(=O)c1nccn1C)c1cc(F)ccc1N1CCC(O)CC1. The average Bonchev–Trinajstić information content (AvgIpc) is 3.02. The second kappa shape index (κ2) is 7.23. The summed E-state index contributed by atoms with van der Waals surface area (Å²) in [5.41, 5.74) is 1.61. The first-order chi connectivity index (χ1) is 12.0. The number of hydrogen-bond acceptors (Lipinski definition) is 4. The number of imidazole rings is 1. The van der Waals surface area contributed by atoms with Crippen molar-refractivity contribution in [2.24, 2.45) is 7.05 Å². The van der Waals surface area contributed by atoms with Crippen LogP contribution in [0.15, 0.2) is 30.6 Å². The molecule has 1 aliphatic heterocycles. The first-order valence-corrected chi connectivity index (χ1v) is 8.46. The summed E-state index contributed by atoms with van der Waals surface area (Å²) < 4.78 is 15.5. The summed E-state index contributed by atoms with van der Waals surface area (Å²) in [7, 11) is 1.75. The summed E-state index contributed by atoms with van der Waals surface area (Å²) in [4.78, 5) is 18.6. The number of benzene rings is 1. The van der Waals surface area contributed by atoms with Gasteiger partial charge in [-0.2, -0.15) is 0 Å². The monoisotopic (exact) mass is 346 g/mol. The van der Waals surface area contributed by atoms with Gasteiger partial charge in [0, 0.05) is 43.8 Å². The van der Waals surface area contributed by atoms with Gasteiger partial charge in [-0.3, -0.25) is 4.79 Å². The number of piperidine rings is 1. The Hall–Kier alpha value is -2.41. The van der Waals surface area contributed by atoms with Crippen molar-refractivity contribution in [1.29, 1.82) is 0 Å². The third-order valence-electron chi connectivity index (χ3n) is 4.63. The van der Waals surface area contributed by atoms with E-state index in [1.54, 1.807) is 30.1 Å². The maximum absolute atomic E-state index is 13.8. The highest BCUT2D eigenvalue weighted by molar-refractivity contribution is 5.91. The topological polar surface area (TPSA) is 70.4 Å².